The summed E-state index contributed by atoms with van der Waals surface area (Å²) in [6.07, 6.45) is 0.436. The van der Waals surface area contributed by atoms with Gasteiger partial charge < -0.3 is 4.74 Å². The zero-order chi connectivity index (χ0) is 10.9. The number of nitrogens with zero attached hydrogens (tertiary/aromatic N) is 2. The van der Waals surface area contributed by atoms with E-state index in [0.717, 1.165) is 0 Å². The molecule has 2 aliphatic heterocycles. The third-order valence-electron chi connectivity index (χ3n) is 3.11. The molecular formula is C9H14N2O3S. The number of rotatable bonds is 1. The van der Waals surface area contributed by atoms with Gasteiger partial charge in [-0.2, -0.15) is 5.26 Å². The van der Waals surface area contributed by atoms with Crippen molar-refractivity contribution in [1.82, 2.24) is 4.90 Å². The van der Waals surface area contributed by atoms with Crippen molar-refractivity contribution in [2.75, 3.05) is 37.8 Å². The SMILES string of the molecule is N#CC1(N2CCOCC2)CCS(=O)(=O)C1. The average Bonchev–Trinajstić information content (AvgIpc) is 2.57. The monoisotopic (exact) mass is 230 g/mol. The van der Waals surface area contributed by atoms with Crippen LogP contribution in [-0.4, -0.2) is 56.7 Å². The predicted octanol–water partition coefficient (Wildman–Crippen LogP) is -0.601. The maximum Gasteiger partial charge on any atom is 0.153 e. The van der Waals surface area contributed by atoms with Crippen molar-refractivity contribution in [3.63, 3.8) is 0 Å². The van der Waals surface area contributed by atoms with Gasteiger partial charge in [0.2, 0.25) is 0 Å². The molecule has 2 heterocycles. The lowest BCUT2D eigenvalue weighted by molar-refractivity contribution is 0.00385. The molecule has 0 amide bonds. The number of nitriles is 1. The molecule has 0 radical (unpaired) electrons. The van der Waals surface area contributed by atoms with Gasteiger partial charge in [-0.15, -0.1) is 0 Å². The Hall–Kier alpha value is -0.640. The molecular weight excluding hydrogens is 216 g/mol. The van der Waals surface area contributed by atoms with Crippen molar-refractivity contribution in [1.29, 1.82) is 5.26 Å². The molecule has 5 nitrogen and oxygen atoms in total. The molecule has 6 heteroatoms. The summed E-state index contributed by atoms with van der Waals surface area (Å²) in [5.41, 5.74) is -0.789. The van der Waals surface area contributed by atoms with Crippen molar-refractivity contribution >= 4 is 9.84 Å². The van der Waals surface area contributed by atoms with Crippen LogP contribution in [0.25, 0.3) is 0 Å². The minimum absolute atomic E-state index is 0.0174. The summed E-state index contributed by atoms with van der Waals surface area (Å²) >= 11 is 0. The number of ether oxygens (including phenoxy) is 1. The highest BCUT2D eigenvalue weighted by molar-refractivity contribution is 7.91. The molecule has 1 unspecified atom stereocenters. The zero-order valence-corrected chi connectivity index (χ0v) is 9.29. The quantitative estimate of drug-likeness (QED) is 0.601. The van der Waals surface area contributed by atoms with Crippen LogP contribution in [0, 0.1) is 11.3 Å². The van der Waals surface area contributed by atoms with Gasteiger partial charge in [-0.25, -0.2) is 8.42 Å². The fourth-order valence-corrected chi connectivity index (χ4v) is 4.14. The number of hydrogen-bond acceptors (Lipinski definition) is 5. The van der Waals surface area contributed by atoms with Crippen molar-refractivity contribution in [2.24, 2.45) is 0 Å². The maximum atomic E-state index is 11.4. The van der Waals surface area contributed by atoms with Gasteiger partial charge in [0.05, 0.1) is 30.8 Å². The number of sulfone groups is 1. The molecule has 1 atom stereocenters. The topological polar surface area (TPSA) is 70.4 Å². The second-order valence-electron chi connectivity index (χ2n) is 4.08. The molecule has 2 fully saturated rings. The van der Waals surface area contributed by atoms with E-state index in [1.54, 1.807) is 0 Å². The average molecular weight is 230 g/mol. The van der Waals surface area contributed by atoms with E-state index in [1.807, 2.05) is 4.90 Å². The van der Waals surface area contributed by atoms with E-state index >= 15 is 0 Å². The third-order valence-corrected chi connectivity index (χ3v) is 4.85. The minimum Gasteiger partial charge on any atom is -0.379 e. The molecule has 2 saturated heterocycles. The second-order valence-corrected chi connectivity index (χ2v) is 6.27. The van der Waals surface area contributed by atoms with Crippen LogP contribution in [0.1, 0.15) is 6.42 Å². The Bertz CT molecular complexity index is 381. The first-order chi connectivity index (χ1) is 7.08. The molecule has 0 bridgehead atoms. The van der Waals surface area contributed by atoms with E-state index < -0.39 is 15.4 Å². The van der Waals surface area contributed by atoms with E-state index in [-0.39, 0.29) is 11.5 Å². The molecule has 15 heavy (non-hydrogen) atoms. The molecule has 2 rings (SSSR count). The molecule has 0 N–H and O–H groups in total. The van der Waals surface area contributed by atoms with Gasteiger partial charge in [0.1, 0.15) is 5.54 Å². The van der Waals surface area contributed by atoms with Crippen LogP contribution in [0.5, 0.6) is 0 Å². The predicted molar refractivity (Wildman–Crippen MR) is 54.0 cm³/mol. The minimum atomic E-state index is -3.02. The molecule has 0 saturated carbocycles. The summed E-state index contributed by atoms with van der Waals surface area (Å²) in [4.78, 5) is 1.96. The number of hydrogen-bond donors (Lipinski definition) is 0. The lowest BCUT2D eigenvalue weighted by Gasteiger charge is -2.37. The normalized spacial score (nSPS) is 36.2. The van der Waals surface area contributed by atoms with Crippen LogP contribution in [0.15, 0.2) is 0 Å². The van der Waals surface area contributed by atoms with Crippen molar-refractivity contribution in [3.05, 3.63) is 0 Å². The Kier molecular flexibility index (Phi) is 2.71. The van der Waals surface area contributed by atoms with Gasteiger partial charge in [0.25, 0.3) is 0 Å². The van der Waals surface area contributed by atoms with Gasteiger partial charge in [0, 0.05) is 13.1 Å². The molecule has 0 spiro atoms. The van der Waals surface area contributed by atoms with Gasteiger partial charge >= 0.3 is 0 Å². The largest absolute Gasteiger partial charge is 0.379 e. The Labute approximate surface area is 89.5 Å². The summed E-state index contributed by atoms with van der Waals surface area (Å²) in [7, 11) is -3.02. The van der Waals surface area contributed by atoms with Crippen molar-refractivity contribution in [2.45, 2.75) is 12.0 Å². The highest BCUT2D eigenvalue weighted by atomic mass is 32.2. The summed E-state index contributed by atoms with van der Waals surface area (Å²) in [6.45, 7) is 2.49. The Morgan fingerprint density at radius 3 is 2.47 bits per heavy atom. The Balaban J connectivity index is 2.20. The summed E-state index contributed by atoms with van der Waals surface area (Å²) in [6, 6.07) is 2.19. The van der Waals surface area contributed by atoms with Crippen LogP contribution in [0.4, 0.5) is 0 Å². The highest BCUT2D eigenvalue weighted by Gasteiger charge is 2.47. The van der Waals surface area contributed by atoms with Crippen LogP contribution >= 0.6 is 0 Å². The Morgan fingerprint density at radius 1 is 1.33 bits per heavy atom. The Morgan fingerprint density at radius 2 is 2.00 bits per heavy atom. The third kappa shape index (κ3) is 2.00. The van der Waals surface area contributed by atoms with E-state index in [1.165, 1.54) is 0 Å². The molecule has 2 aliphatic rings. The maximum absolute atomic E-state index is 11.4. The van der Waals surface area contributed by atoms with Crippen LogP contribution in [0.2, 0.25) is 0 Å². The van der Waals surface area contributed by atoms with Crippen LogP contribution in [-0.2, 0) is 14.6 Å². The lowest BCUT2D eigenvalue weighted by Crippen LogP contribution is -2.53. The van der Waals surface area contributed by atoms with Gasteiger partial charge in [0.15, 0.2) is 9.84 Å². The molecule has 0 aromatic carbocycles. The smallest absolute Gasteiger partial charge is 0.153 e. The molecule has 0 aromatic heterocycles. The first-order valence-electron chi connectivity index (χ1n) is 5.02. The first kappa shape index (κ1) is 10.9. The summed E-state index contributed by atoms with van der Waals surface area (Å²) in [5.74, 6) is 0.119. The molecule has 84 valence electrons. The van der Waals surface area contributed by atoms with Gasteiger partial charge in [-0.05, 0) is 6.42 Å². The van der Waals surface area contributed by atoms with E-state index in [2.05, 4.69) is 6.07 Å². The highest BCUT2D eigenvalue weighted by Crippen LogP contribution is 2.29. The van der Waals surface area contributed by atoms with E-state index in [9.17, 15) is 13.7 Å². The second kappa shape index (κ2) is 3.74. The van der Waals surface area contributed by atoms with E-state index in [0.29, 0.717) is 32.7 Å². The van der Waals surface area contributed by atoms with Crippen LogP contribution < -0.4 is 0 Å². The lowest BCUT2D eigenvalue weighted by atomic mass is 9.98. The molecule has 0 aliphatic carbocycles. The molecule has 0 aromatic rings. The standard InChI is InChI=1S/C9H14N2O3S/c10-7-9(1-6-15(12,13)8-9)11-2-4-14-5-3-11/h1-6,8H2. The fourth-order valence-electron chi connectivity index (χ4n) is 2.23. The fraction of sp³-hybridized carbons (Fsp3) is 0.889. The van der Waals surface area contributed by atoms with Gasteiger partial charge in [-0.1, -0.05) is 0 Å². The van der Waals surface area contributed by atoms with Crippen LogP contribution in [0.3, 0.4) is 0 Å². The van der Waals surface area contributed by atoms with E-state index in [4.69, 9.17) is 4.74 Å². The summed E-state index contributed by atoms with van der Waals surface area (Å²) < 4.78 is 28.1. The summed E-state index contributed by atoms with van der Waals surface area (Å²) in [5, 5.41) is 9.20. The number of morpholine rings is 1. The first-order valence-corrected chi connectivity index (χ1v) is 6.85. The van der Waals surface area contributed by atoms with Gasteiger partial charge in [-0.3, -0.25) is 4.90 Å². The van der Waals surface area contributed by atoms with Crippen molar-refractivity contribution < 1.29 is 13.2 Å². The zero-order valence-electron chi connectivity index (χ0n) is 8.48. The van der Waals surface area contributed by atoms with Crippen molar-refractivity contribution in [3.8, 4) is 6.07 Å².